The second-order valence-corrected chi connectivity index (χ2v) is 5.95. The van der Waals surface area contributed by atoms with Crippen LogP contribution in [0.15, 0.2) is 0 Å². The van der Waals surface area contributed by atoms with Crippen LogP contribution in [-0.4, -0.2) is 40.6 Å². The van der Waals surface area contributed by atoms with Crippen LogP contribution in [-0.2, 0) is 4.79 Å². The summed E-state index contributed by atoms with van der Waals surface area (Å²) in [4.78, 5) is 14.4. The highest BCUT2D eigenvalue weighted by Crippen LogP contribution is 2.26. The summed E-state index contributed by atoms with van der Waals surface area (Å²) in [7, 11) is 0. The molecule has 92 valence electrons. The van der Waals surface area contributed by atoms with Crippen LogP contribution in [0.5, 0.6) is 0 Å². The summed E-state index contributed by atoms with van der Waals surface area (Å²) >= 11 is 1.99. The smallest absolute Gasteiger partial charge is 0.241 e. The van der Waals surface area contributed by atoms with Crippen molar-refractivity contribution < 1.29 is 4.79 Å². The molecule has 3 nitrogen and oxygen atoms in total. The van der Waals surface area contributed by atoms with Crippen molar-refractivity contribution in [2.45, 2.75) is 57.8 Å². The van der Waals surface area contributed by atoms with Gasteiger partial charge in [0, 0.05) is 11.8 Å². The van der Waals surface area contributed by atoms with Gasteiger partial charge < -0.3 is 4.90 Å². The van der Waals surface area contributed by atoms with Gasteiger partial charge in [0.25, 0.3) is 0 Å². The van der Waals surface area contributed by atoms with E-state index in [9.17, 15) is 4.79 Å². The van der Waals surface area contributed by atoms with Crippen LogP contribution in [0.2, 0.25) is 0 Å². The van der Waals surface area contributed by atoms with E-state index in [0.717, 1.165) is 18.6 Å². The van der Waals surface area contributed by atoms with Gasteiger partial charge in [0.05, 0.1) is 12.2 Å². The van der Waals surface area contributed by atoms with Crippen molar-refractivity contribution in [1.82, 2.24) is 10.2 Å². The Labute approximate surface area is 102 Å². The number of rotatable bonds is 3. The normalized spacial score (nSPS) is 35.8. The number of thioether (sulfide) groups is 1. The summed E-state index contributed by atoms with van der Waals surface area (Å²) in [6.45, 7) is 4.26. The number of amides is 1. The van der Waals surface area contributed by atoms with E-state index < -0.39 is 0 Å². The molecule has 3 unspecified atom stereocenters. The Morgan fingerprint density at radius 1 is 1.56 bits per heavy atom. The molecule has 0 saturated carbocycles. The molecule has 0 aromatic carbocycles. The quantitative estimate of drug-likeness (QED) is 0.819. The lowest BCUT2D eigenvalue weighted by Gasteiger charge is -2.33. The lowest BCUT2D eigenvalue weighted by Crippen LogP contribution is -2.45. The molecule has 0 radical (unpaired) electrons. The molecule has 4 heteroatoms. The van der Waals surface area contributed by atoms with Crippen LogP contribution in [0.3, 0.4) is 0 Å². The first-order valence-corrected chi connectivity index (χ1v) is 7.55. The molecule has 0 bridgehead atoms. The topological polar surface area (TPSA) is 32.3 Å². The predicted octanol–water partition coefficient (Wildman–Crippen LogP) is 1.83. The zero-order chi connectivity index (χ0) is 11.5. The number of carbonyl (C=O) groups is 1. The minimum atomic E-state index is 0.0759. The molecule has 0 aromatic heterocycles. The van der Waals surface area contributed by atoms with Crippen LogP contribution in [0.25, 0.3) is 0 Å². The zero-order valence-corrected chi connectivity index (χ0v) is 11.1. The van der Waals surface area contributed by atoms with Gasteiger partial charge in [-0.3, -0.25) is 10.1 Å². The van der Waals surface area contributed by atoms with E-state index in [-0.39, 0.29) is 12.2 Å². The summed E-state index contributed by atoms with van der Waals surface area (Å²) < 4.78 is 0. The molecule has 3 atom stereocenters. The molecule has 2 rings (SSSR count). The number of nitrogens with zero attached hydrogens (tertiary/aromatic N) is 1. The maximum Gasteiger partial charge on any atom is 0.241 e. The van der Waals surface area contributed by atoms with Crippen molar-refractivity contribution in [2.24, 2.45) is 0 Å². The summed E-state index contributed by atoms with van der Waals surface area (Å²) in [5.41, 5.74) is 0. The predicted molar refractivity (Wildman–Crippen MR) is 68.5 cm³/mol. The van der Waals surface area contributed by atoms with Gasteiger partial charge in [0.2, 0.25) is 5.91 Å². The molecule has 2 heterocycles. The van der Waals surface area contributed by atoms with E-state index in [1.165, 1.54) is 18.6 Å². The van der Waals surface area contributed by atoms with Gasteiger partial charge in [0.1, 0.15) is 0 Å². The van der Waals surface area contributed by atoms with Gasteiger partial charge in [-0.25, -0.2) is 0 Å². The molecule has 2 aliphatic rings. The van der Waals surface area contributed by atoms with Crippen LogP contribution >= 0.6 is 11.8 Å². The van der Waals surface area contributed by atoms with Crippen molar-refractivity contribution in [3.05, 3.63) is 0 Å². The second kappa shape index (κ2) is 5.41. The summed E-state index contributed by atoms with van der Waals surface area (Å²) in [6, 6.07) is 0.544. The highest BCUT2D eigenvalue weighted by Gasteiger charge is 2.39. The van der Waals surface area contributed by atoms with Crippen LogP contribution in [0, 0.1) is 0 Å². The molecule has 0 spiro atoms. The molecule has 2 aliphatic heterocycles. The third-order valence-electron chi connectivity index (χ3n) is 3.52. The van der Waals surface area contributed by atoms with Crippen LogP contribution in [0.1, 0.15) is 39.5 Å². The van der Waals surface area contributed by atoms with Crippen LogP contribution in [0.4, 0.5) is 0 Å². The summed E-state index contributed by atoms with van der Waals surface area (Å²) in [5.74, 6) is 2.72. The molecule has 2 saturated heterocycles. The number of hydrogen-bond acceptors (Lipinski definition) is 3. The molecule has 0 aliphatic carbocycles. The fraction of sp³-hybridized carbons (Fsp3) is 0.917. The number of hydrogen-bond donors (Lipinski definition) is 1. The van der Waals surface area contributed by atoms with E-state index in [1.54, 1.807) is 0 Å². The molecule has 1 amide bonds. The van der Waals surface area contributed by atoms with Gasteiger partial charge >= 0.3 is 0 Å². The summed E-state index contributed by atoms with van der Waals surface area (Å²) in [5, 5.41) is 3.42. The average Bonchev–Trinajstić information content (AvgIpc) is 2.56. The maximum absolute atomic E-state index is 12.3. The maximum atomic E-state index is 12.3. The van der Waals surface area contributed by atoms with Crippen molar-refractivity contribution in [3.8, 4) is 0 Å². The number of carbonyl (C=O) groups excluding carboxylic acids is 1. The van der Waals surface area contributed by atoms with Gasteiger partial charge in [-0.2, -0.15) is 11.8 Å². The summed E-state index contributed by atoms with van der Waals surface area (Å²) in [6.07, 6.45) is 4.71. The zero-order valence-electron chi connectivity index (χ0n) is 10.2. The van der Waals surface area contributed by atoms with Gasteiger partial charge in [-0.15, -0.1) is 0 Å². The Kier molecular flexibility index (Phi) is 4.14. The van der Waals surface area contributed by atoms with Crippen LogP contribution < -0.4 is 5.32 Å². The van der Waals surface area contributed by atoms with E-state index >= 15 is 0 Å². The first kappa shape index (κ1) is 12.2. The monoisotopic (exact) mass is 242 g/mol. The van der Waals surface area contributed by atoms with E-state index in [4.69, 9.17) is 0 Å². The Bertz CT molecular complexity index is 253. The first-order chi connectivity index (χ1) is 7.74. The average molecular weight is 242 g/mol. The Morgan fingerprint density at radius 2 is 2.38 bits per heavy atom. The fourth-order valence-corrected chi connectivity index (χ4v) is 3.89. The Hall–Kier alpha value is -0.220. The van der Waals surface area contributed by atoms with Gasteiger partial charge in [-0.1, -0.05) is 13.3 Å². The molecule has 0 aromatic rings. The second-order valence-electron chi connectivity index (χ2n) is 4.80. The third-order valence-corrected chi connectivity index (χ3v) is 4.72. The molecule has 16 heavy (non-hydrogen) atoms. The molecular formula is C12H22N2OS. The van der Waals surface area contributed by atoms with Crippen molar-refractivity contribution >= 4 is 17.7 Å². The highest BCUT2D eigenvalue weighted by atomic mass is 32.2. The van der Waals surface area contributed by atoms with Crippen molar-refractivity contribution in [2.75, 3.05) is 11.5 Å². The van der Waals surface area contributed by atoms with E-state index in [0.29, 0.717) is 11.9 Å². The fourth-order valence-electron chi connectivity index (χ4n) is 2.75. The van der Waals surface area contributed by atoms with Crippen molar-refractivity contribution in [3.63, 3.8) is 0 Å². The molecular weight excluding hydrogens is 220 g/mol. The first-order valence-electron chi connectivity index (χ1n) is 6.40. The largest absolute Gasteiger partial charge is 0.322 e. The highest BCUT2D eigenvalue weighted by molar-refractivity contribution is 7.99. The van der Waals surface area contributed by atoms with Gasteiger partial charge in [-0.05, 0) is 31.9 Å². The molecule has 2 fully saturated rings. The van der Waals surface area contributed by atoms with E-state index in [1.807, 2.05) is 11.8 Å². The minimum Gasteiger partial charge on any atom is -0.322 e. The lowest BCUT2D eigenvalue weighted by molar-refractivity contribution is -0.131. The third kappa shape index (κ3) is 2.38. The van der Waals surface area contributed by atoms with E-state index in [2.05, 4.69) is 24.1 Å². The molecule has 1 N–H and O–H groups in total. The van der Waals surface area contributed by atoms with Crippen molar-refractivity contribution in [1.29, 1.82) is 0 Å². The Balaban J connectivity index is 2.00. The van der Waals surface area contributed by atoms with Gasteiger partial charge in [0.15, 0.2) is 0 Å². The lowest BCUT2D eigenvalue weighted by atomic mass is 10.1. The Morgan fingerprint density at radius 3 is 3.00 bits per heavy atom. The SMILES string of the molecule is CCCC1NC(C)N(C2CCCSC2)C1=O. The minimum absolute atomic E-state index is 0.0759. The number of nitrogens with one attached hydrogen (secondary N) is 1. The standard InChI is InChI=1S/C12H22N2OS/c1-3-5-11-12(15)14(9(2)13-11)10-6-4-7-16-8-10/h9-11,13H,3-8H2,1-2H3.